The highest BCUT2D eigenvalue weighted by Gasteiger charge is 2.31. The minimum atomic E-state index is -4.74. The maximum Gasteiger partial charge on any atom is 0.573 e. The molecule has 0 unspecified atom stereocenters. The molecule has 0 aliphatic heterocycles. The summed E-state index contributed by atoms with van der Waals surface area (Å²) in [4.78, 5) is 13.5. The maximum atomic E-state index is 12.0. The Labute approximate surface area is 93.2 Å². The molecule has 1 aromatic carbocycles. The van der Waals surface area contributed by atoms with E-state index < -0.39 is 12.3 Å². The van der Waals surface area contributed by atoms with Crippen LogP contribution in [0.2, 0.25) is 0 Å². The van der Waals surface area contributed by atoms with Gasteiger partial charge in [0.25, 0.3) is 5.91 Å². The smallest absolute Gasteiger partial charge is 0.406 e. The molecule has 0 aliphatic carbocycles. The zero-order valence-corrected chi connectivity index (χ0v) is 8.34. The van der Waals surface area contributed by atoms with Crippen LogP contribution in [-0.4, -0.2) is 17.3 Å². The number of ether oxygens (including phenoxy) is 1. The monoisotopic (exact) mass is 244 g/mol. The van der Waals surface area contributed by atoms with Gasteiger partial charge in [-0.2, -0.15) is 0 Å². The molecule has 7 heteroatoms. The minimum absolute atomic E-state index is 0.129. The minimum Gasteiger partial charge on any atom is -0.406 e. The Hall–Kier alpha value is -2.18. The number of benzene rings is 1. The third-order valence-electron chi connectivity index (χ3n) is 2.09. The molecule has 0 fully saturated rings. The van der Waals surface area contributed by atoms with Gasteiger partial charge in [0.2, 0.25) is 0 Å². The van der Waals surface area contributed by atoms with Crippen LogP contribution in [0.25, 0.3) is 10.9 Å². The van der Waals surface area contributed by atoms with Gasteiger partial charge < -0.3 is 15.5 Å². The van der Waals surface area contributed by atoms with E-state index in [1.807, 2.05) is 0 Å². The van der Waals surface area contributed by atoms with Gasteiger partial charge in [0.1, 0.15) is 11.4 Å². The van der Waals surface area contributed by atoms with Gasteiger partial charge in [-0.3, -0.25) is 4.79 Å². The highest BCUT2D eigenvalue weighted by Crippen LogP contribution is 2.26. The lowest BCUT2D eigenvalue weighted by Gasteiger charge is -2.08. The van der Waals surface area contributed by atoms with Crippen LogP contribution in [0, 0.1) is 0 Å². The van der Waals surface area contributed by atoms with Crippen molar-refractivity contribution < 1.29 is 22.7 Å². The molecule has 90 valence electrons. The van der Waals surface area contributed by atoms with E-state index in [1.165, 1.54) is 12.1 Å². The second-order valence-corrected chi connectivity index (χ2v) is 3.34. The lowest BCUT2D eigenvalue weighted by atomic mass is 10.2. The van der Waals surface area contributed by atoms with E-state index in [4.69, 9.17) is 5.73 Å². The van der Waals surface area contributed by atoms with E-state index in [0.29, 0.717) is 10.9 Å². The van der Waals surface area contributed by atoms with Crippen molar-refractivity contribution in [2.75, 3.05) is 0 Å². The number of H-pyrrole nitrogens is 1. The third kappa shape index (κ3) is 2.49. The number of carbonyl (C=O) groups is 1. The first-order valence-corrected chi connectivity index (χ1v) is 4.53. The largest absolute Gasteiger partial charge is 0.573 e. The number of halogens is 3. The Morgan fingerprint density at radius 2 is 2.00 bits per heavy atom. The summed E-state index contributed by atoms with van der Waals surface area (Å²) < 4.78 is 39.6. The average molecular weight is 244 g/mol. The molecule has 1 amide bonds. The molecule has 2 rings (SSSR count). The summed E-state index contributed by atoms with van der Waals surface area (Å²) in [5.74, 6) is -1.04. The number of aromatic nitrogens is 1. The molecule has 2 aromatic rings. The Morgan fingerprint density at radius 3 is 2.59 bits per heavy atom. The van der Waals surface area contributed by atoms with Gasteiger partial charge in [0, 0.05) is 17.0 Å². The number of hydrogen-bond donors (Lipinski definition) is 2. The lowest BCUT2D eigenvalue weighted by Crippen LogP contribution is -2.16. The number of nitrogens with two attached hydrogens (primary N) is 1. The summed E-state index contributed by atoms with van der Waals surface area (Å²) in [6, 6.07) is 5.16. The van der Waals surface area contributed by atoms with E-state index in [0.717, 1.165) is 12.1 Å². The maximum absolute atomic E-state index is 12.0. The molecular weight excluding hydrogens is 237 g/mol. The molecule has 0 radical (unpaired) electrons. The fraction of sp³-hybridized carbons (Fsp3) is 0.100. The molecule has 0 spiro atoms. The zero-order chi connectivity index (χ0) is 12.6. The van der Waals surface area contributed by atoms with Crippen LogP contribution in [0.1, 0.15) is 10.5 Å². The second-order valence-electron chi connectivity index (χ2n) is 3.34. The van der Waals surface area contributed by atoms with Gasteiger partial charge in [-0.05, 0) is 18.2 Å². The van der Waals surface area contributed by atoms with E-state index in [-0.39, 0.29) is 11.4 Å². The Bertz CT molecular complexity index is 574. The van der Waals surface area contributed by atoms with Crippen molar-refractivity contribution in [3.63, 3.8) is 0 Å². The van der Waals surface area contributed by atoms with Crippen LogP contribution in [-0.2, 0) is 0 Å². The normalized spacial score (nSPS) is 11.7. The van der Waals surface area contributed by atoms with Crippen molar-refractivity contribution in [1.29, 1.82) is 0 Å². The number of primary amides is 1. The van der Waals surface area contributed by atoms with Crippen molar-refractivity contribution in [1.82, 2.24) is 4.98 Å². The van der Waals surface area contributed by atoms with Crippen LogP contribution in [0.4, 0.5) is 13.2 Å². The van der Waals surface area contributed by atoms with Crippen LogP contribution in [0.15, 0.2) is 24.3 Å². The zero-order valence-electron chi connectivity index (χ0n) is 8.34. The van der Waals surface area contributed by atoms with Gasteiger partial charge in [-0.1, -0.05) is 0 Å². The SMILES string of the molecule is NC(=O)c1cc2ccc(OC(F)(F)F)cc2[nH]1. The second kappa shape index (κ2) is 3.69. The van der Waals surface area contributed by atoms with Crippen molar-refractivity contribution in [3.8, 4) is 5.75 Å². The molecule has 0 bridgehead atoms. The number of hydrogen-bond acceptors (Lipinski definition) is 2. The number of alkyl halides is 3. The number of nitrogens with one attached hydrogen (secondary N) is 1. The highest BCUT2D eigenvalue weighted by molar-refractivity contribution is 5.97. The van der Waals surface area contributed by atoms with Crippen LogP contribution in [0.5, 0.6) is 5.75 Å². The van der Waals surface area contributed by atoms with Gasteiger partial charge >= 0.3 is 6.36 Å². The molecule has 0 saturated carbocycles. The van der Waals surface area contributed by atoms with Crippen LogP contribution >= 0.6 is 0 Å². The van der Waals surface area contributed by atoms with Gasteiger partial charge in [0.05, 0.1) is 0 Å². The quantitative estimate of drug-likeness (QED) is 0.849. The van der Waals surface area contributed by atoms with Crippen LogP contribution in [0.3, 0.4) is 0 Å². The number of carbonyl (C=O) groups excluding carboxylic acids is 1. The summed E-state index contributed by atoms with van der Waals surface area (Å²) in [6.45, 7) is 0. The summed E-state index contributed by atoms with van der Waals surface area (Å²) in [5.41, 5.74) is 5.51. The average Bonchev–Trinajstić information content (AvgIpc) is 2.57. The third-order valence-corrected chi connectivity index (χ3v) is 2.09. The molecule has 0 saturated heterocycles. The Morgan fingerprint density at radius 1 is 1.29 bits per heavy atom. The molecule has 1 aromatic heterocycles. The van der Waals surface area contributed by atoms with Crippen molar-refractivity contribution >= 4 is 16.8 Å². The predicted molar refractivity (Wildman–Crippen MR) is 53.5 cm³/mol. The molecule has 0 aliphatic rings. The Balaban J connectivity index is 2.40. The number of aromatic amines is 1. The van der Waals surface area contributed by atoms with Crippen molar-refractivity contribution in [2.45, 2.75) is 6.36 Å². The van der Waals surface area contributed by atoms with Crippen molar-refractivity contribution in [3.05, 3.63) is 30.0 Å². The Kier molecular flexibility index (Phi) is 2.45. The first-order chi connectivity index (χ1) is 7.85. The number of rotatable bonds is 2. The summed E-state index contributed by atoms with van der Waals surface area (Å²) in [6.07, 6.45) is -4.74. The molecule has 17 heavy (non-hydrogen) atoms. The van der Waals surface area contributed by atoms with E-state index in [2.05, 4.69) is 9.72 Å². The number of amides is 1. The van der Waals surface area contributed by atoms with Crippen molar-refractivity contribution in [2.24, 2.45) is 5.73 Å². The number of fused-ring (bicyclic) bond motifs is 1. The lowest BCUT2D eigenvalue weighted by molar-refractivity contribution is -0.274. The predicted octanol–water partition coefficient (Wildman–Crippen LogP) is 2.17. The molecule has 0 atom stereocenters. The molecule has 1 heterocycles. The fourth-order valence-corrected chi connectivity index (χ4v) is 1.44. The topological polar surface area (TPSA) is 68.1 Å². The van der Waals surface area contributed by atoms with Gasteiger partial charge in [0.15, 0.2) is 0 Å². The van der Waals surface area contributed by atoms with Gasteiger partial charge in [-0.25, -0.2) is 0 Å². The molecular formula is C10H7F3N2O2. The van der Waals surface area contributed by atoms with E-state index in [1.54, 1.807) is 0 Å². The van der Waals surface area contributed by atoms with E-state index >= 15 is 0 Å². The standard InChI is InChI=1S/C10H7F3N2O2/c11-10(12,13)17-6-2-1-5-3-8(9(14)16)15-7(5)4-6/h1-4,15H,(H2,14,16). The van der Waals surface area contributed by atoms with Gasteiger partial charge in [-0.15, -0.1) is 13.2 Å². The summed E-state index contributed by atoms with van der Waals surface area (Å²) in [5, 5.41) is 0.577. The first kappa shape index (κ1) is 11.3. The fourth-order valence-electron chi connectivity index (χ4n) is 1.44. The van der Waals surface area contributed by atoms with Crippen LogP contribution < -0.4 is 10.5 Å². The first-order valence-electron chi connectivity index (χ1n) is 4.53. The van der Waals surface area contributed by atoms with E-state index in [9.17, 15) is 18.0 Å². The molecule has 3 N–H and O–H groups in total. The molecule has 4 nitrogen and oxygen atoms in total. The summed E-state index contributed by atoms with van der Waals surface area (Å²) in [7, 11) is 0. The highest BCUT2D eigenvalue weighted by atomic mass is 19.4. The summed E-state index contributed by atoms with van der Waals surface area (Å²) >= 11 is 0.